The normalized spacial score (nSPS) is 25.9. The zero-order chi connectivity index (χ0) is 12.4. The molecular formula is C12H16N2O3. The van der Waals surface area contributed by atoms with Crippen molar-refractivity contribution in [2.45, 2.75) is 18.2 Å². The lowest BCUT2D eigenvalue weighted by molar-refractivity contribution is -0.132. The second-order valence-corrected chi connectivity index (χ2v) is 4.27. The van der Waals surface area contributed by atoms with Gasteiger partial charge in [0.2, 0.25) is 5.91 Å². The lowest BCUT2D eigenvalue weighted by atomic mass is 10.1. The van der Waals surface area contributed by atoms with Crippen LogP contribution in [0.4, 0.5) is 0 Å². The van der Waals surface area contributed by atoms with Crippen LogP contribution in [0.5, 0.6) is 0 Å². The number of benzene rings is 1. The Hall–Kier alpha value is -1.43. The third kappa shape index (κ3) is 2.46. The third-order valence-corrected chi connectivity index (χ3v) is 3.00. The molecule has 0 aliphatic carbocycles. The van der Waals surface area contributed by atoms with Crippen molar-refractivity contribution in [3.63, 3.8) is 0 Å². The van der Waals surface area contributed by atoms with Crippen molar-refractivity contribution in [3.05, 3.63) is 35.9 Å². The van der Waals surface area contributed by atoms with Crippen molar-refractivity contribution in [2.24, 2.45) is 5.73 Å². The van der Waals surface area contributed by atoms with Gasteiger partial charge in [0, 0.05) is 13.1 Å². The number of nitrogens with two attached hydrogens (primary N) is 1. The topological polar surface area (TPSA) is 86.8 Å². The number of aliphatic hydroxyl groups is 2. The molecule has 1 fully saturated rings. The fraction of sp³-hybridized carbons (Fsp3) is 0.417. The maximum absolute atomic E-state index is 12.0. The smallest absolute Gasteiger partial charge is 0.244 e. The number of carbonyl (C=O) groups is 1. The molecule has 4 N–H and O–H groups in total. The van der Waals surface area contributed by atoms with E-state index >= 15 is 0 Å². The van der Waals surface area contributed by atoms with Gasteiger partial charge in [-0.2, -0.15) is 0 Å². The molecule has 0 spiro atoms. The monoisotopic (exact) mass is 236 g/mol. The molecular weight excluding hydrogens is 220 g/mol. The first-order chi connectivity index (χ1) is 8.09. The molecule has 0 unspecified atom stereocenters. The minimum absolute atomic E-state index is 0.139. The first kappa shape index (κ1) is 12.0. The Morgan fingerprint density at radius 3 is 2.29 bits per heavy atom. The zero-order valence-electron chi connectivity index (χ0n) is 9.36. The van der Waals surface area contributed by atoms with Crippen LogP contribution in [0, 0.1) is 0 Å². The number of hydrogen-bond donors (Lipinski definition) is 3. The van der Waals surface area contributed by atoms with E-state index < -0.39 is 18.2 Å². The zero-order valence-corrected chi connectivity index (χ0v) is 9.36. The first-order valence-corrected chi connectivity index (χ1v) is 5.55. The summed E-state index contributed by atoms with van der Waals surface area (Å²) in [5.41, 5.74) is 6.58. The van der Waals surface area contributed by atoms with Gasteiger partial charge in [0.25, 0.3) is 0 Å². The summed E-state index contributed by atoms with van der Waals surface area (Å²) >= 11 is 0. The Labute approximate surface area is 99.5 Å². The van der Waals surface area contributed by atoms with E-state index in [9.17, 15) is 15.0 Å². The van der Waals surface area contributed by atoms with Crippen molar-refractivity contribution in [1.82, 2.24) is 4.90 Å². The summed E-state index contributed by atoms with van der Waals surface area (Å²) in [6.07, 6.45) is -1.75. The molecule has 5 nitrogen and oxygen atoms in total. The number of carbonyl (C=O) groups excluding carboxylic acids is 1. The molecule has 17 heavy (non-hydrogen) atoms. The molecule has 1 aromatic rings. The minimum atomic E-state index is -0.873. The molecule has 0 bridgehead atoms. The van der Waals surface area contributed by atoms with Gasteiger partial charge in [0.15, 0.2) is 0 Å². The van der Waals surface area contributed by atoms with Gasteiger partial charge in [-0.15, -0.1) is 0 Å². The van der Waals surface area contributed by atoms with E-state index in [2.05, 4.69) is 0 Å². The fourth-order valence-electron chi connectivity index (χ4n) is 1.95. The molecule has 1 aliphatic rings. The predicted octanol–water partition coefficient (Wildman–Crippen LogP) is -0.750. The van der Waals surface area contributed by atoms with Crippen molar-refractivity contribution in [1.29, 1.82) is 0 Å². The number of β-amino-alcohol motifs (C(OH)–C–C–N with tert-alkyl or cyclic N) is 2. The van der Waals surface area contributed by atoms with Gasteiger partial charge >= 0.3 is 0 Å². The Kier molecular flexibility index (Phi) is 3.42. The van der Waals surface area contributed by atoms with Gasteiger partial charge in [-0.05, 0) is 5.56 Å². The van der Waals surface area contributed by atoms with Gasteiger partial charge in [-0.25, -0.2) is 0 Å². The molecule has 1 aliphatic heterocycles. The number of rotatable bonds is 2. The van der Waals surface area contributed by atoms with Gasteiger partial charge in [-0.1, -0.05) is 30.3 Å². The molecule has 92 valence electrons. The van der Waals surface area contributed by atoms with E-state index in [4.69, 9.17) is 5.73 Å². The second-order valence-electron chi connectivity index (χ2n) is 4.27. The molecule has 2 rings (SSSR count). The number of nitrogens with zero attached hydrogens (tertiary/aromatic N) is 1. The number of amides is 1. The summed E-state index contributed by atoms with van der Waals surface area (Å²) in [6, 6.07) is 8.31. The summed E-state index contributed by atoms with van der Waals surface area (Å²) in [5, 5.41) is 18.8. The summed E-state index contributed by atoms with van der Waals surface area (Å²) < 4.78 is 0. The lowest BCUT2D eigenvalue weighted by Gasteiger charge is -2.20. The molecule has 0 radical (unpaired) electrons. The SMILES string of the molecule is N[C@H](C(=O)N1C[C@@H](O)[C@@H](O)C1)c1ccccc1. The van der Waals surface area contributed by atoms with Crippen LogP contribution in [0.15, 0.2) is 30.3 Å². The van der Waals surface area contributed by atoms with Crippen LogP contribution >= 0.6 is 0 Å². The van der Waals surface area contributed by atoms with Crippen molar-refractivity contribution >= 4 is 5.91 Å². The largest absolute Gasteiger partial charge is 0.388 e. The summed E-state index contributed by atoms with van der Waals surface area (Å²) in [7, 11) is 0. The Bertz CT molecular complexity index is 386. The molecule has 1 amide bonds. The maximum Gasteiger partial charge on any atom is 0.244 e. The minimum Gasteiger partial charge on any atom is -0.388 e. The standard InChI is InChI=1S/C12H16N2O3/c13-11(8-4-2-1-3-5-8)12(17)14-6-9(15)10(16)7-14/h1-5,9-11,15-16H,6-7,13H2/t9-,10+,11-/m0/s1. The molecule has 1 saturated heterocycles. The highest BCUT2D eigenvalue weighted by atomic mass is 16.3. The third-order valence-electron chi connectivity index (χ3n) is 3.00. The molecule has 1 heterocycles. The maximum atomic E-state index is 12.0. The van der Waals surface area contributed by atoms with Crippen LogP contribution in [0.1, 0.15) is 11.6 Å². The highest BCUT2D eigenvalue weighted by Crippen LogP contribution is 2.17. The van der Waals surface area contributed by atoms with E-state index in [1.807, 2.05) is 18.2 Å². The van der Waals surface area contributed by atoms with Crippen LogP contribution in [-0.2, 0) is 4.79 Å². The van der Waals surface area contributed by atoms with Gasteiger partial charge in [0.1, 0.15) is 6.04 Å². The molecule has 3 atom stereocenters. The summed E-state index contributed by atoms with van der Waals surface area (Å²) in [5.74, 6) is -0.271. The summed E-state index contributed by atoms with van der Waals surface area (Å²) in [4.78, 5) is 13.4. The average Bonchev–Trinajstić information content (AvgIpc) is 2.69. The Morgan fingerprint density at radius 2 is 1.76 bits per heavy atom. The fourth-order valence-corrected chi connectivity index (χ4v) is 1.95. The molecule has 1 aromatic carbocycles. The Balaban J connectivity index is 2.06. The predicted molar refractivity (Wildman–Crippen MR) is 62.0 cm³/mol. The van der Waals surface area contributed by atoms with Crippen molar-refractivity contribution in [2.75, 3.05) is 13.1 Å². The highest BCUT2D eigenvalue weighted by Gasteiger charge is 2.34. The second kappa shape index (κ2) is 4.83. The molecule has 5 heteroatoms. The Morgan fingerprint density at radius 1 is 1.24 bits per heavy atom. The van der Waals surface area contributed by atoms with Crippen LogP contribution in [0.2, 0.25) is 0 Å². The van der Waals surface area contributed by atoms with E-state index in [1.165, 1.54) is 4.90 Å². The van der Waals surface area contributed by atoms with E-state index in [0.29, 0.717) is 0 Å². The molecule has 0 aromatic heterocycles. The van der Waals surface area contributed by atoms with E-state index in [-0.39, 0.29) is 19.0 Å². The van der Waals surface area contributed by atoms with Crippen molar-refractivity contribution < 1.29 is 15.0 Å². The highest BCUT2D eigenvalue weighted by molar-refractivity contribution is 5.83. The van der Waals surface area contributed by atoms with Gasteiger partial charge in [-0.3, -0.25) is 4.79 Å². The van der Waals surface area contributed by atoms with Crippen LogP contribution in [0.3, 0.4) is 0 Å². The number of hydrogen-bond acceptors (Lipinski definition) is 4. The van der Waals surface area contributed by atoms with Crippen LogP contribution < -0.4 is 5.73 Å². The van der Waals surface area contributed by atoms with Gasteiger partial charge < -0.3 is 20.8 Å². The quantitative estimate of drug-likeness (QED) is 0.630. The lowest BCUT2D eigenvalue weighted by Crippen LogP contribution is -2.37. The average molecular weight is 236 g/mol. The van der Waals surface area contributed by atoms with E-state index in [0.717, 1.165) is 5.56 Å². The van der Waals surface area contributed by atoms with Gasteiger partial charge in [0.05, 0.1) is 12.2 Å². The number of aliphatic hydroxyl groups excluding tert-OH is 2. The van der Waals surface area contributed by atoms with Crippen LogP contribution in [-0.4, -0.2) is 46.3 Å². The molecule has 0 saturated carbocycles. The first-order valence-electron chi connectivity index (χ1n) is 5.55. The number of likely N-dealkylation sites (tertiary alicyclic amines) is 1. The summed E-state index contributed by atoms with van der Waals surface area (Å²) in [6.45, 7) is 0.279. The van der Waals surface area contributed by atoms with Crippen LogP contribution in [0.25, 0.3) is 0 Å². The van der Waals surface area contributed by atoms with Crippen molar-refractivity contribution in [3.8, 4) is 0 Å². The van der Waals surface area contributed by atoms with E-state index in [1.54, 1.807) is 12.1 Å².